The lowest BCUT2D eigenvalue weighted by atomic mass is 10.0. The Bertz CT molecular complexity index is 1540. The van der Waals surface area contributed by atoms with Gasteiger partial charge in [-0.25, -0.2) is 8.42 Å². The first-order valence-electron chi connectivity index (χ1n) is 16.2. The summed E-state index contributed by atoms with van der Waals surface area (Å²) in [6.07, 6.45) is 2.16. The summed E-state index contributed by atoms with van der Waals surface area (Å²) < 4.78 is 47.0. The number of amides is 1. The van der Waals surface area contributed by atoms with Crippen LogP contribution in [0.4, 0.5) is 5.69 Å². The van der Waals surface area contributed by atoms with Gasteiger partial charge in [0.1, 0.15) is 11.5 Å². The zero-order valence-corrected chi connectivity index (χ0v) is 28.9. The smallest absolute Gasteiger partial charge is 0.261 e. The Kier molecular flexibility index (Phi) is 13.1. The Balaban J connectivity index is 1.64. The van der Waals surface area contributed by atoms with Gasteiger partial charge in [-0.05, 0) is 88.2 Å². The number of methoxy groups -OCH3 is 1. The Morgan fingerprint density at radius 2 is 1.79 bits per heavy atom. The van der Waals surface area contributed by atoms with Crippen LogP contribution in [0.15, 0.2) is 77.7 Å². The molecule has 3 aromatic carbocycles. The molecule has 0 fully saturated rings. The Morgan fingerprint density at radius 1 is 1.06 bits per heavy atom. The van der Waals surface area contributed by atoms with Crippen LogP contribution in [-0.2, 0) is 21.3 Å². The van der Waals surface area contributed by atoms with E-state index in [4.69, 9.17) is 14.2 Å². The Labute approximate surface area is 279 Å². The molecule has 1 aliphatic rings. The van der Waals surface area contributed by atoms with Crippen molar-refractivity contribution in [1.29, 1.82) is 0 Å². The largest absolute Gasteiger partial charge is 0.497 e. The van der Waals surface area contributed by atoms with Gasteiger partial charge < -0.3 is 24.2 Å². The molecule has 0 saturated carbocycles. The number of ether oxygens (including phenoxy) is 3. The lowest BCUT2D eigenvalue weighted by molar-refractivity contribution is -0.0177. The van der Waals surface area contributed by atoms with Gasteiger partial charge in [0.05, 0.1) is 42.4 Å². The maximum Gasteiger partial charge on any atom is 0.261 e. The highest BCUT2D eigenvalue weighted by Crippen LogP contribution is 2.30. The van der Waals surface area contributed by atoms with Crippen molar-refractivity contribution in [2.24, 2.45) is 5.92 Å². The molecule has 1 aliphatic heterocycles. The Hall–Kier alpha value is -3.64. The SMILES string of the molecule is COc1ccc(S(=O)(=O)Nc2ccc3c(c2)C(=O)N([C@@H](C)CO)C[C@H](C)[C@@H](CN(C)Cc2ccccc2)OCCCC[C@H](C)O3)cc1. The maximum absolute atomic E-state index is 14.4. The summed E-state index contributed by atoms with van der Waals surface area (Å²) in [4.78, 5) is 18.3. The molecule has 0 aliphatic carbocycles. The highest BCUT2D eigenvalue weighted by molar-refractivity contribution is 7.92. The van der Waals surface area contributed by atoms with Crippen molar-refractivity contribution in [2.75, 3.05) is 45.2 Å². The minimum absolute atomic E-state index is 0.0576. The van der Waals surface area contributed by atoms with E-state index in [0.717, 1.165) is 25.8 Å². The van der Waals surface area contributed by atoms with Crippen molar-refractivity contribution in [1.82, 2.24) is 9.80 Å². The molecule has 11 heteroatoms. The molecule has 10 nitrogen and oxygen atoms in total. The van der Waals surface area contributed by atoms with Gasteiger partial charge in [-0.1, -0.05) is 37.3 Å². The number of nitrogens with zero attached hydrogens (tertiary/aromatic N) is 2. The molecule has 0 unspecified atom stereocenters. The number of aliphatic hydroxyl groups is 1. The lowest BCUT2D eigenvalue weighted by Crippen LogP contribution is -2.47. The molecule has 0 aromatic heterocycles. The highest BCUT2D eigenvalue weighted by atomic mass is 32.2. The average molecular weight is 668 g/mol. The van der Waals surface area contributed by atoms with Crippen molar-refractivity contribution >= 4 is 21.6 Å². The first kappa shape index (κ1) is 36.2. The van der Waals surface area contributed by atoms with E-state index in [0.29, 0.717) is 31.2 Å². The quantitative estimate of drug-likeness (QED) is 0.294. The standard InChI is InChI=1S/C36H49N3O7S/c1-26-22-39(27(2)25-40)36(41)33-21-30(37-47(42,43)32-17-15-31(44-5)16-18-32)14-19-34(33)46-28(3)11-9-10-20-45-35(26)24-38(4)23-29-12-7-6-8-13-29/h6-8,12-19,21,26-28,35,37,40H,9-11,20,22-25H2,1-5H3/t26-,27-,28-,35+/m0/s1. The first-order chi connectivity index (χ1) is 22.5. The predicted octanol–water partition coefficient (Wildman–Crippen LogP) is 5.42. The fraction of sp³-hybridized carbons (Fsp3) is 0.472. The lowest BCUT2D eigenvalue weighted by Gasteiger charge is -2.36. The Morgan fingerprint density at radius 3 is 2.47 bits per heavy atom. The van der Waals surface area contributed by atoms with Crippen molar-refractivity contribution in [3.05, 3.63) is 83.9 Å². The molecular formula is C36H49N3O7S. The zero-order chi connectivity index (χ0) is 34.0. The molecule has 0 radical (unpaired) electrons. The van der Waals surface area contributed by atoms with Crippen molar-refractivity contribution in [2.45, 2.75) is 69.7 Å². The van der Waals surface area contributed by atoms with Gasteiger partial charge in [-0.15, -0.1) is 0 Å². The maximum atomic E-state index is 14.4. The van der Waals surface area contributed by atoms with Crippen LogP contribution in [0.5, 0.6) is 11.5 Å². The van der Waals surface area contributed by atoms with Gasteiger partial charge in [0.2, 0.25) is 0 Å². The number of carbonyl (C=O) groups is 1. The number of carbonyl (C=O) groups excluding carboxylic acids is 1. The summed E-state index contributed by atoms with van der Waals surface area (Å²) >= 11 is 0. The fourth-order valence-electron chi connectivity index (χ4n) is 5.68. The molecule has 2 N–H and O–H groups in total. The summed E-state index contributed by atoms with van der Waals surface area (Å²) in [5.74, 6) is 0.466. The van der Waals surface area contributed by atoms with Crippen molar-refractivity contribution in [3.8, 4) is 11.5 Å². The molecule has 47 heavy (non-hydrogen) atoms. The number of aliphatic hydroxyl groups excluding tert-OH is 1. The van der Waals surface area contributed by atoms with E-state index in [1.54, 1.807) is 36.1 Å². The third kappa shape index (κ3) is 10.2. The van der Waals surface area contributed by atoms with E-state index in [2.05, 4.69) is 35.7 Å². The number of rotatable bonds is 10. The van der Waals surface area contributed by atoms with Crippen LogP contribution < -0.4 is 14.2 Å². The third-order valence-corrected chi connectivity index (χ3v) is 9.86. The number of hydrogen-bond donors (Lipinski definition) is 2. The molecule has 0 spiro atoms. The van der Waals surface area contributed by atoms with Gasteiger partial charge in [0.15, 0.2) is 0 Å². The minimum atomic E-state index is -3.96. The number of benzene rings is 3. The summed E-state index contributed by atoms with van der Waals surface area (Å²) in [7, 11) is -0.382. The van der Waals surface area contributed by atoms with Crippen LogP contribution in [-0.4, -0.2) is 87.9 Å². The van der Waals surface area contributed by atoms with Gasteiger partial charge in [0, 0.05) is 37.8 Å². The molecule has 0 saturated heterocycles. The van der Waals surface area contributed by atoms with Crippen LogP contribution in [0.25, 0.3) is 0 Å². The zero-order valence-electron chi connectivity index (χ0n) is 28.1. The molecule has 4 rings (SSSR count). The first-order valence-corrected chi connectivity index (χ1v) is 17.7. The van der Waals surface area contributed by atoms with E-state index < -0.39 is 16.1 Å². The predicted molar refractivity (Wildman–Crippen MR) is 183 cm³/mol. The number of likely N-dealkylation sites (N-methyl/N-ethyl adjacent to an activating group) is 1. The van der Waals surface area contributed by atoms with E-state index in [1.807, 2.05) is 25.1 Å². The van der Waals surface area contributed by atoms with E-state index in [9.17, 15) is 18.3 Å². The number of nitrogens with one attached hydrogen (secondary N) is 1. The topological polar surface area (TPSA) is 118 Å². The van der Waals surface area contributed by atoms with Gasteiger partial charge in [-0.3, -0.25) is 14.4 Å². The second-order valence-corrected chi connectivity index (χ2v) is 14.2. The average Bonchev–Trinajstić information content (AvgIpc) is 3.06. The molecule has 0 bridgehead atoms. The van der Waals surface area contributed by atoms with Crippen LogP contribution in [0.1, 0.15) is 56.0 Å². The highest BCUT2D eigenvalue weighted by Gasteiger charge is 2.30. The fourth-order valence-corrected chi connectivity index (χ4v) is 6.73. The van der Waals surface area contributed by atoms with Gasteiger partial charge >= 0.3 is 0 Å². The van der Waals surface area contributed by atoms with Crippen LogP contribution in [0.2, 0.25) is 0 Å². The van der Waals surface area contributed by atoms with Crippen molar-refractivity contribution in [3.63, 3.8) is 0 Å². The van der Waals surface area contributed by atoms with Crippen LogP contribution in [0, 0.1) is 5.92 Å². The second-order valence-electron chi connectivity index (χ2n) is 12.5. The van der Waals surface area contributed by atoms with Gasteiger partial charge in [-0.2, -0.15) is 0 Å². The summed E-state index contributed by atoms with van der Waals surface area (Å²) in [6.45, 7) is 7.92. The molecule has 256 valence electrons. The van der Waals surface area contributed by atoms with E-state index >= 15 is 0 Å². The van der Waals surface area contributed by atoms with Crippen LogP contribution >= 0.6 is 0 Å². The molecular weight excluding hydrogens is 618 g/mol. The monoisotopic (exact) mass is 667 g/mol. The minimum Gasteiger partial charge on any atom is -0.497 e. The van der Waals surface area contributed by atoms with Crippen LogP contribution in [0.3, 0.4) is 0 Å². The number of sulfonamides is 1. The normalized spacial score (nSPS) is 20.5. The summed E-state index contributed by atoms with van der Waals surface area (Å²) in [5, 5.41) is 10.2. The van der Waals surface area contributed by atoms with Gasteiger partial charge in [0.25, 0.3) is 15.9 Å². The van der Waals surface area contributed by atoms with E-state index in [1.165, 1.54) is 30.9 Å². The van der Waals surface area contributed by atoms with Crippen molar-refractivity contribution < 1.29 is 32.5 Å². The summed E-state index contributed by atoms with van der Waals surface area (Å²) in [5.41, 5.74) is 1.65. The second kappa shape index (κ2) is 17.0. The molecule has 3 aromatic rings. The molecule has 1 amide bonds. The third-order valence-electron chi connectivity index (χ3n) is 8.46. The molecule has 1 heterocycles. The number of fused-ring (bicyclic) bond motifs is 1. The number of hydrogen-bond acceptors (Lipinski definition) is 8. The number of anilines is 1. The van der Waals surface area contributed by atoms with E-state index in [-0.39, 0.29) is 46.8 Å². The summed E-state index contributed by atoms with van der Waals surface area (Å²) in [6, 6.07) is 20.6. The molecule has 4 atom stereocenters.